The molecule has 15 heavy (non-hydrogen) atoms. The van der Waals surface area contributed by atoms with Gasteiger partial charge in [-0.1, -0.05) is 18.2 Å². The molecular formula is C10H9NO4. The Morgan fingerprint density at radius 3 is 2.73 bits per heavy atom. The molecule has 0 spiro atoms. The number of amides is 1. The Labute approximate surface area is 85.6 Å². The zero-order valence-electron chi connectivity index (χ0n) is 7.75. The van der Waals surface area contributed by atoms with Gasteiger partial charge in [-0.05, 0) is 6.07 Å². The van der Waals surface area contributed by atoms with Gasteiger partial charge in [-0.25, -0.2) is 0 Å². The van der Waals surface area contributed by atoms with E-state index >= 15 is 0 Å². The van der Waals surface area contributed by atoms with Crippen LogP contribution in [0.5, 0.6) is 0 Å². The Kier molecular flexibility index (Phi) is 2.17. The number of para-hydroxylation sites is 1. The van der Waals surface area contributed by atoms with Gasteiger partial charge in [-0.15, -0.1) is 0 Å². The van der Waals surface area contributed by atoms with E-state index in [1.807, 2.05) is 0 Å². The minimum Gasteiger partial charge on any atom is -0.480 e. The van der Waals surface area contributed by atoms with Crippen LogP contribution in [0.2, 0.25) is 0 Å². The van der Waals surface area contributed by atoms with E-state index in [4.69, 9.17) is 5.11 Å². The summed E-state index contributed by atoms with van der Waals surface area (Å²) in [6.45, 7) is -0.424. The van der Waals surface area contributed by atoms with Crippen molar-refractivity contribution >= 4 is 17.6 Å². The average Bonchev–Trinajstić information content (AvgIpc) is 2.44. The molecular weight excluding hydrogens is 198 g/mol. The molecule has 0 radical (unpaired) electrons. The normalized spacial score (nSPS) is 19.1. The van der Waals surface area contributed by atoms with Crippen LogP contribution in [-0.4, -0.2) is 28.6 Å². The zero-order valence-corrected chi connectivity index (χ0v) is 7.75. The minimum atomic E-state index is -1.24. The maximum atomic E-state index is 11.5. The maximum Gasteiger partial charge on any atom is 0.323 e. The second-order valence-electron chi connectivity index (χ2n) is 3.28. The van der Waals surface area contributed by atoms with E-state index in [2.05, 4.69) is 0 Å². The molecule has 1 aliphatic rings. The van der Waals surface area contributed by atoms with Crippen molar-refractivity contribution in [3.05, 3.63) is 29.8 Å². The number of rotatable bonds is 2. The fourth-order valence-electron chi connectivity index (χ4n) is 1.66. The lowest BCUT2D eigenvalue weighted by Crippen LogP contribution is -2.33. The molecule has 2 N–H and O–H groups in total. The Morgan fingerprint density at radius 1 is 1.40 bits per heavy atom. The highest BCUT2D eigenvalue weighted by molar-refractivity contribution is 6.06. The number of benzene rings is 1. The number of nitrogens with zero attached hydrogens (tertiary/aromatic N) is 1. The number of carbonyl (C=O) groups is 2. The van der Waals surface area contributed by atoms with Crippen LogP contribution in [0.1, 0.15) is 11.7 Å². The van der Waals surface area contributed by atoms with E-state index in [1.165, 1.54) is 0 Å². The van der Waals surface area contributed by atoms with Crippen molar-refractivity contribution in [3.8, 4) is 0 Å². The topological polar surface area (TPSA) is 77.8 Å². The fraction of sp³-hybridized carbons (Fsp3) is 0.200. The number of aliphatic hydroxyl groups excluding tert-OH is 1. The number of hydrogen-bond donors (Lipinski definition) is 2. The van der Waals surface area contributed by atoms with Gasteiger partial charge in [0, 0.05) is 5.56 Å². The van der Waals surface area contributed by atoms with Crippen LogP contribution in [-0.2, 0) is 9.59 Å². The standard InChI is InChI=1S/C10H9NO4/c12-8(13)5-11-7-4-2-1-3-6(7)9(14)10(11)15/h1-4,9,14H,5H2,(H,12,13). The Balaban J connectivity index is 2.42. The zero-order chi connectivity index (χ0) is 11.0. The quantitative estimate of drug-likeness (QED) is 0.723. The maximum absolute atomic E-state index is 11.5. The number of carboxylic acids is 1. The summed E-state index contributed by atoms with van der Waals surface area (Å²) in [6, 6.07) is 6.62. The Bertz CT molecular complexity index is 429. The first-order valence-electron chi connectivity index (χ1n) is 4.41. The summed E-state index contributed by atoms with van der Waals surface area (Å²) in [5, 5.41) is 18.2. The SMILES string of the molecule is O=C(O)CN1C(=O)C(O)c2ccccc21. The minimum absolute atomic E-state index is 0.424. The van der Waals surface area contributed by atoms with Crippen molar-refractivity contribution in [3.63, 3.8) is 0 Å². The van der Waals surface area contributed by atoms with Gasteiger partial charge in [0.05, 0.1) is 5.69 Å². The highest BCUT2D eigenvalue weighted by atomic mass is 16.4. The van der Waals surface area contributed by atoms with E-state index in [0.717, 1.165) is 4.90 Å². The van der Waals surface area contributed by atoms with Crippen LogP contribution in [0, 0.1) is 0 Å². The van der Waals surface area contributed by atoms with Gasteiger partial charge in [-0.3, -0.25) is 14.5 Å². The van der Waals surface area contributed by atoms with Crippen molar-refractivity contribution in [1.82, 2.24) is 0 Å². The van der Waals surface area contributed by atoms with Gasteiger partial charge in [0.2, 0.25) is 0 Å². The molecule has 1 amide bonds. The van der Waals surface area contributed by atoms with Crippen LogP contribution >= 0.6 is 0 Å². The number of aliphatic hydroxyl groups is 1. The van der Waals surface area contributed by atoms with Crippen LogP contribution in [0.25, 0.3) is 0 Å². The van der Waals surface area contributed by atoms with Crippen LogP contribution in [0.3, 0.4) is 0 Å². The summed E-state index contributed by atoms with van der Waals surface area (Å²) in [5.74, 6) is -1.69. The summed E-state index contributed by atoms with van der Waals surface area (Å²) in [6.07, 6.45) is -1.24. The predicted molar refractivity (Wildman–Crippen MR) is 51.4 cm³/mol. The molecule has 1 atom stereocenters. The van der Waals surface area contributed by atoms with Gasteiger partial charge in [0.15, 0.2) is 6.10 Å². The first-order chi connectivity index (χ1) is 7.11. The molecule has 78 valence electrons. The van der Waals surface area contributed by atoms with Gasteiger partial charge >= 0.3 is 5.97 Å². The van der Waals surface area contributed by atoms with Crippen LogP contribution in [0.4, 0.5) is 5.69 Å². The summed E-state index contributed by atoms with van der Waals surface area (Å²) >= 11 is 0. The first kappa shape index (κ1) is 9.67. The van der Waals surface area contributed by atoms with Crippen LogP contribution < -0.4 is 4.90 Å². The molecule has 5 heteroatoms. The third kappa shape index (κ3) is 1.46. The number of carbonyl (C=O) groups excluding carboxylic acids is 1. The Hall–Kier alpha value is -1.88. The highest BCUT2D eigenvalue weighted by Crippen LogP contribution is 2.34. The second kappa shape index (κ2) is 3.36. The van der Waals surface area contributed by atoms with Gasteiger partial charge < -0.3 is 10.2 Å². The number of carboxylic acid groups (broad SMARTS) is 1. The molecule has 0 saturated heterocycles. The fourth-order valence-corrected chi connectivity index (χ4v) is 1.66. The molecule has 0 aromatic heterocycles. The van der Waals surface area contributed by atoms with E-state index in [9.17, 15) is 14.7 Å². The van der Waals surface area contributed by atoms with Gasteiger partial charge in [0.1, 0.15) is 6.54 Å². The molecule has 1 heterocycles. The monoisotopic (exact) mass is 207 g/mol. The van der Waals surface area contributed by atoms with Crippen molar-refractivity contribution in [2.24, 2.45) is 0 Å². The molecule has 1 aromatic carbocycles. The van der Waals surface area contributed by atoms with Crippen molar-refractivity contribution in [2.75, 3.05) is 11.4 Å². The molecule has 0 fully saturated rings. The van der Waals surface area contributed by atoms with E-state index in [1.54, 1.807) is 24.3 Å². The van der Waals surface area contributed by atoms with E-state index in [0.29, 0.717) is 11.3 Å². The largest absolute Gasteiger partial charge is 0.480 e. The third-order valence-electron chi connectivity index (χ3n) is 2.32. The molecule has 0 aliphatic carbocycles. The molecule has 2 rings (SSSR count). The lowest BCUT2D eigenvalue weighted by molar-refractivity contribution is -0.137. The van der Waals surface area contributed by atoms with Crippen molar-refractivity contribution in [2.45, 2.75) is 6.10 Å². The number of hydrogen-bond acceptors (Lipinski definition) is 3. The molecule has 0 saturated carbocycles. The number of anilines is 1. The summed E-state index contributed by atoms with van der Waals surface area (Å²) in [7, 11) is 0. The second-order valence-corrected chi connectivity index (χ2v) is 3.28. The predicted octanol–water partition coefficient (Wildman–Crippen LogP) is 0.151. The molecule has 1 aromatic rings. The molecule has 5 nitrogen and oxygen atoms in total. The van der Waals surface area contributed by atoms with E-state index < -0.39 is 24.5 Å². The van der Waals surface area contributed by atoms with Crippen LogP contribution in [0.15, 0.2) is 24.3 Å². The number of fused-ring (bicyclic) bond motifs is 1. The molecule has 0 bridgehead atoms. The Morgan fingerprint density at radius 2 is 2.07 bits per heavy atom. The van der Waals surface area contributed by atoms with Gasteiger partial charge in [0.25, 0.3) is 5.91 Å². The van der Waals surface area contributed by atoms with Crippen molar-refractivity contribution < 1.29 is 19.8 Å². The summed E-state index contributed by atoms with van der Waals surface area (Å²) in [5.41, 5.74) is 0.932. The summed E-state index contributed by atoms with van der Waals surface area (Å²) < 4.78 is 0. The third-order valence-corrected chi connectivity index (χ3v) is 2.32. The van der Waals surface area contributed by atoms with E-state index in [-0.39, 0.29) is 0 Å². The average molecular weight is 207 g/mol. The molecule has 1 aliphatic heterocycles. The number of aliphatic carboxylic acids is 1. The summed E-state index contributed by atoms with van der Waals surface area (Å²) in [4.78, 5) is 23.1. The lowest BCUT2D eigenvalue weighted by atomic mass is 10.1. The lowest BCUT2D eigenvalue weighted by Gasteiger charge is -2.13. The van der Waals surface area contributed by atoms with Crippen molar-refractivity contribution in [1.29, 1.82) is 0 Å². The first-order valence-corrected chi connectivity index (χ1v) is 4.41. The van der Waals surface area contributed by atoms with Gasteiger partial charge in [-0.2, -0.15) is 0 Å². The molecule has 1 unspecified atom stereocenters. The smallest absolute Gasteiger partial charge is 0.323 e. The highest BCUT2D eigenvalue weighted by Gasteiger charge is 2.36.